The summed E-state index contributed by atoms with van der Waals surface area (Å²) < 4.78 is 5.79. The molecule has 6 nitrogen and oxygen atoms in total. The Hall–Kier alpha value is -3.64. The van der Waals surface area contributed by atoms with Crippen LogP contribution in [0.1, 0.15) is 40.1 Å². The number of carbonyl (C=O) groups is 3. The van der Waals surface area contributed by atoms with Gasteiger partial charge in [0.25, 0.3) is 5.91 Å². The standard InChI is InChI=1S/C25H22ClNO5/c1-25(2,24(31)27-15-22(29)16-5-11-20(28)12-6-16)32-21-13-7-18(8-14-21)23(30)17-3-9-19(26)10-4-17/h3-14,28H,15H2,1-2H3,(H,27,31). The number of amides is 1. The van der Waals surface area contributed by atoms with Gasteiger partial charge < -0.3 is 15.2 Å². The molecule has 3 rings (SSSR count). The van der Waals surface area contributed by atoms with Crippen LogP contribution in [0.2, 0.25) is 5.02 Å². The fourth-order valence-corrected chi connectivity index (χ4v) is 3.03. The van der Waals surface area contributed by atoms with Crippen molar-refractivity contribution < 1.29 is 24.2 Å². The maximum atomic E-state index is 12.6. The summed E-state index contributed by atoms with van der Waals surface area (Å²) in [5, 5.41) is 12.4. The number of phenols is 1. The van der Waals surface area contributed by atoms with Crippen LogP contribution in [-0.2, 0) is 4.79 Å². The maximum Gasteiger partial charge on any atom is 0.263 e. The summed E-state index contributed by atoms with van der Waals surface area (Å²) in [6.07, 6.45) is 0. The van der Waals surface area contributed by atoms with Crippen LogP contribution in [0.4, 0.5) is 0 Å². The molecule has 0 saturated heterocycles. The van der Waals surface area contributed by atoms with Gasteiger partial charge in [-0.1, -0.05) is 11.6 Å². The number of halogens is 1. The van der Waals surface area contributed by atoms with E-state index in [1.165, 1.54) is 24.3 Å². The van der Waals surface area contributed by atoms with Gasteiger partial charge in [0, 0.05) is 21.7 Å². The second-order valence-electron chi connectivity index (χ2n) is 7.63. The minimum Gasteiger partial charge on any atom is -0.508 e. The Labute approximate surface area is 190 Å². The van der Waals surface area contributed by atoms with Crippen LogP contribution in [0.5, 0.6) is 11.5 Å². The van der Waals surface area contributed by atoms with Crippen molar-refractivity contribution in [3.8, 4) is 11.5 Å². The fourth-order valence-electron chi connectivity index (χ4n) is 2.91. The molecule has 0 aliphatic rings. The van der Waals surface area contributed by atoms with Gasteiger partial charge in [-0.05, 0) is 86.6 Å². The van der Waals surface area contributed by atoms with Crippen LogP contribution in [0.25, 0.3) is 0 Å². The molecule has 2 N–H and O–H groups in total. The molecule has 0 atom stereocenters. The lowest BCUT2D eigenvalue weighted by Crippen LogP contribution is -2.47. The van der Waals surface area contributed by atoms with Crippen molar-refractivity contribution in [2.75, 3.05) is 6.54 Å². The molecule has 0 saturated carbocycles. The number of phenolic OH excluding ortho intramolecular Hbond substituents is 1. The lowest BCUT2D eigenvalue weighted by Gasteiger charge is -2.25. The number of nitrogens with one attached hydrogen (secondary N) is 1. The van der Waals surface area contributed by atoms with Crippen molar-refractivity contribution in [1.82, 2.24) is 5.32 Å². The van der Waals surface area contributed by atoms with Gasteiger partial charge in [0.2, 0.25) is 0 Å². The first-order chi connectivity index (χ1) is 15.2. The zero-order chi connectivity index (χ0) is 23.3. The van der Waals surface area contributed by atoms with E-state index in [4.69, 9.17) is 16.3 Å². The molecule has 32 heavy (non-hydrogen) atoms. The zero-order valence-corrected chi connectivity index (χ0v) is 18.3. The predicted octanol–water partition coefficient (Wildman–Crippen LogP) is 4.43. The molecule has 3 aromatic rings. The molecule has 0 unspecified atom stereocenters. The van der Waals surface area contributed by atoms with E-state index in [9.17, 15) is 19.5 Å². The molecule has 164 valence electrons. The zero-order valence-electron chi connectivity index (χ0n) is 17.6. The summed E-state index contributed by atoms with van der Waals surface area (Å²) in [7, 11) is 0. The molecule has 1 amide bonds. The number of ether oxygens (including phenoxy) is 1. The molecule has 3 aromatic carbocycles. The highest BCUT2D eigenvalue weighted by Gasteiger charge is 2.30. The van der Waals surface area contributed by atoms with Gasteiger partial charge in [-0.25, -0.2) is 0 Å². The molecular weight excluding hydrogens is 430 g/mol. The first kappa shape index (κ1) is 23.0. The Morgan fingerprint density at radius 3 is 1.91 bits per heavy atom. The summed E-state index contributed by atoms with van der Waals surface area (Å²) in [6.45, 7) is 2.96. The van der Waals surface area contributed by atoms with Gasteiger partial charge >= 0.3 is 0 Å². The topological polar surface area (TPSA) is 92.7 Å². The highest BCUT2D eigenvalue weighted by Crippen LogP contribution is 2.21. The first-order valence-corrected chi connectivity index (χ1v) is 10.2. The first-order valence-electron chi connectivity index (χ1n) is 9.85. The smallest absolute Gasteiger partial charge is 0.263 e. The summed E-state index contributed by atoms with van der Waals surface area (Å²) in [5.41, 5.74) is 0.113. The molecule has 0 aliphatic carbocycles. The lowest BCUT2D eigenvalue weighted by molar-refractivity contribution is -0.134. The summed E-state index contributed by atoms with van der Waals surface area (Å²) in [5.74, 6) is -0.452. The van der Waals surface area contributed by atoms with Crippen LogP contribution >= 0.6 is 11.6 Å². The van der Waals surface area contributed by atoms with Gasteiger partial charge in [0.05, 0.1) is 6.54 Å². The highest BCUT2D eigenvalue weighted by atomic mass is 35.5. The summed E-state index contributed by atoms with van der Waals surface area (Å²) >= 11 is 5.86. The van der Waals surface area contributed by atoms with Crippen molar-refractivity contribution in [2.45, 2.75) is 19.4 Å². The number of carbonyl (C=O) groups excluding carboxylic acids is 3. The molecule has 7 heteroatoms. The maximum absolute atomic E-state index is 12.6. The highest BCUT2D eigenvalue weighted by molar-refractivity contribution is 6.30. The molecule has 0 bridgehead atoms. The summed E-state index contributed by atoms with van der Waals surface area (Å²) in [4.78, 5) is 37.3. The third kappa shape index (κ3) is 5.74. The van der Waals surface area contributed by atoms with Crippen LogP contribution in [0.15, 0.2) is 72.8 Å². The van der Waals surface area contributed by atoms with Gasteiger partial charge in [-0.15, -0.1) is 0 Å². The quantitative estimate of drug-likeness (QED) is 0.494. The molecule has 0 heterocycles. The average Bonchev–Trinajstić information content (AvgIpc) is 2.78. The lowest BCUT2D eigenvalue weighted by atomic mass is 10.0. The van der Waals surface area contributed by atoms with Crippen LogP contribution in [0.3, 0.4) is 0 Å². The van der Waals surface area contributed by atoms with Crippen LogP contribution in [-0.4, -0.2) is 34.7 Å². The third-order valence-electron chi connectivity index (χ3n) is 4.74. The van der Waals surface area contributed by atoms with Crippen LogP contribution in [0, 0.1) is 0 Å². The van der Waals surface area contributed by atoms with Crippen molar-refractivity contribution in [3.05, 3.63) is 94.5 Å². The fraction of sp³-hybridized carbons (Fsp3) is 0.160. The largest absolute Gasteiger partial charge is 0.508 e. The average molecular weight is 452 g/mol. The molecule has 0 fully saturated rings. The van der Waals surface area contributed by atoms with E-state index >= 15 is 0 Å². The Kier molecular flexibility index (Phi) is 6.95. The Balaban J connectivity index is 1.59. The molecule has 0 aromatic heterocycles. The van der Waals surface area contributed by atoms with Crippen LogP contribution < -0.4 is 10.1 Å². The predicted molar refractivity (Wildman–Crippen MR) is 121 cm³/mol. The summed E-state index contributed by atoms with van der Waals surface area (Å²) in [6, 6.07) is 18.9. The normalized spacial score (nSPS) is 11.0. The van der Waals surface area contributed by atoms with E-state index in [0.717, 1.165) is 0 Å². The Morgan fingerprint density at radius 1 is 0.844 bits per heavy atom. The number of hydrogen-bond donors (Lipinski definition) is 2. The van der Waals surface area contributed by atoms with E-state index in [0.29, 0.717) is 27.5 Å². The SMILES string of the molecule is CC(C)(Oc1ccc(C(=O)c2ccc(Cl)cc2)cc1)C(=O)NCC(=O)c1ccc(O)cc1. The van der Waals surface area contributed by atoms with Crippen molar-refractivity contribution in [1.29, 1.82) is 0 Å². The monoisotopic (exact) mass is 451 g/mol. The van der Waals surface area contributed by atoms with E-state index in [-0.39, 0.29) is 23.9 Å². The molecule has 0 radical (unpaired) electrons. The van der Waals surface area contributed by atoms with Gasteiger partial charge in [0.15, 0.2) is 17.2 Å². The minimum atomic E-state index is -1.25. The van der Waals surface area contributed by atoms with E-state index < -0.39 is 11.5 Å². The second kappa shape index (κ2) is 9.66. The number of Topliss-reactive ketones (excluding diaryl/α,β-unsaturated/α-hetero) is 1. The number of rotatable bonds is 8. The third-order valence-corrected chi connectivity index (χ3v) is 4.99. The van der Waals surface area contributed by atoms with E-state index in [1.807, 2.05) is 0 Å². The minimum absolute atomic E-state index is 0.0565. The molecular formula is C25H22ClNO5. The van der Waals surface area contributed by atoms with Gasteiger partial charge in [-0.3, -0.25) is 14.4 Å². The van der Waals surface area contributed by atoms with Crippen molar-refractivity contribution in [2.24, 2.45) is 0 Å². The number of benzene rings is 3. The molecule has 0 aliphatic heterocycles. The Morgan fingerprint density at radius 2 is 1.34 bits per heavy atom. The van der Waals surface area contributed by atoms with Gasteiger partial charge in [-0.2, -0.15) is 0 Å². The second-order valence-corrected chi connectivity index (χ2v) is 8.06. The number of ketones is 2. The number of aromatic hydroxyl groups is 1. The Bertz CT molecular complexity index is 1120. The van der Waals surface area contributed by atoms with Gasteiger partial charge in [0.1, 0.15) is 11.5 Å². The van der Waals surface area contributed by atoms with Crippen molar-refractivity contribution in [3.63, 3.8) is 0 Å². The van der Waals surface area contributed by atoms with E-state index in [2.05, 4.69) is 5.32 Å². The van der Waals surface area contributed by atoms with E-state index in [1.54, 1.807) is 62.4 Å². The molecule has 0 spiro atoms. The van der Waals surface area contributed by atoms with Crippen molar-refractivity contribution >= 4 is 29.1 Å². The number of hydrogen-bond acceptors (Lipinski definition) is 5.